The number of carbonyl (C=O) groups excluding carboxylic acids is 1. The first-order valence-corrected chi connectivity index (χ1v) is 9.88. The van der Waals surface area contributed by atoms with Crippen molar-refractivity contribution in [2.45, 2.75) is 19.8 Å². The van der Waals surface area contributed by atoms with Gasteiger partial charge in [0.05, 0.1) is 5.56 Å². The molecule has 0 aliphatic rings. The Balaban J connectivity index is 1.75. The largest absolute Gasteiger partial charge is 0.478 e. The van der Waals surface area contributed by atoms with E-state index in [0.29, 0.717) is 29.8 Å². The normalized spacial score (nSPS) is 10.8. The van der Waals surface area contributed by atoms with Crippen LogP contribution in [0.4, 0.5) is 5.69 Å². The zero-order valence-corrected chi connectivity index (χ0v) is 16.6. The Hall–Kier alpha value is -3.86. The van der Waals surface area contributed by atoms with Crippen LogP contribution in [0.25, 0.3) is 10.9 Å². The van der Waals surface area contributed by atoms with E-state index in [1.807, 2.05) is 61.5 Å². The Kier molecular flexibility index (Phi) is 5.35. The minimum absolute atomic E-state index is 0.209. The third kappa shape index (κ3) is 3.82. The summed E-state index contributed by atoms with van der Waals surface area (Å²) < 4.78 is 0. The van der Waals surface area contributed by atoms with Crippen molar-refractivity contribution in [3.05, 3.63) is 101 Å². The molecule has 1 heterocycles. The summed E-state index contributed by atoms with van der Waals surface area (Å²) in [6.07, 6.45) is 1.09. The van der Waals surface area contributed by atoms with Gasteiger partial charge in [0.2, 0.25) is 0 Å². The van der Waals surface area contributed by atoms with E-state index < -0.39 is 5.97 Å². The minimum atomic E-state index is -1.00. The van der Waals surface area contributed by atoms with Gasteiger partial charge in [-0.25, -0.2) is 4.79 Å². The molecule has 5 heteroatoms. The summed E-state index contributed by atoms with van der Waals surface area (Å²) in [7, 11) is 0. The first kappa shape index (κ1) is 19.5. The van der Waals surface area contributed by atoms with E-state index >= 15 is 0 Å². The predicted octanol–water partition coefficient (Wildman–Crippen LogP) is 5.27. The zero-order chi connectivity index (χ0) is 21.1. The van der Waals surface area contributed by atoms with Crippen LogP contribution < -0.4 is 5.32 Å². The van der Waals surface area contributed by atoms with Gasteiger partial charge in [-0.05, 0) is 47.7 Å². The number of carbonyl (C=O) groups is 2. The van der Waals surface area contributed by atoms with Crippen molar-refractivity contribution in [1.29, 1.82) is 0 Å². The highest BCUT2D eigenvalue weighted by atomic mass is 16.4. The molecule has 0 aliphatic carbocycles. The van der Waals surface area contributed by atoms with E-state index in [1.54, 1.807) is 18.2 Å². The summed E-state index contributed by atoms with van der Waals surface area (Å²) in [6.45, 7) is 1.90. The van der Waals surface area contributed by atoms with Gasteiger partial charge in [-0.1, -0.05) is 61.5 Å². The first-order chi connectivity index (χ1) is 14.6. The Bertz CT molecular complexity index is 1190. The fourth-order valence-electron chi connectivity index (χ4n) is 3.76. The number of fused-ring (bicyclic) bond motifs is 1. The maximum absolute atomic E-state index is 13.0. The van der Waals surface area contributed by atoms with Crippen LogP contribution in [-0.4, -0.2) is 22.0 Å². The molecule has 0 fully saturated rings. The van der Waals surface area contributed by atoms with Crippen LogP contribution in [0, 0.1) is 0 Å². The minimum Gasteiger partial charge on any atom is -0.478 e. The molecule has 3 aromatic carbocycles. The van der Waals surface area contributed by atoms with E-state index in [0.717, 1.165) is 22.0 Å². The molecule has 0 saturated heterocycles. The predicted molar refractivity (Wildman–Crippen MR) is 118 cm³/mol. The van der Waals surface area contributed by atoms with Crippen molar-refractivity contribution in [3.63, 3.8) is 0 Å². The van der Waals surface area contributed by atoms with Gasteiger partial charge >= 0.3 is 5.97 Å². The number of benzene rings is 3. The van der Waals surface area contributed by atoms with Crippen molar-refractivity contribution < 1.29 is 14.7 Å². The molecule has 0 atom stereocenters. The SMILES string of the molecule is CCc1c(C(=O)O)ccc(Cc2ccccc2)c1NC(=O)c1cc2ccccc2[nH]1. The van der Waals surface area contributed by atoms with E-state index in [2.05, 4.69) is 10.3 Å². The van der Waals surface area contributed by atoms with Crippen LogP contribution in [0.1, 0.15) is 44.5 Å². The third-order valence-corrected chi connectivity index (χ3v) is 5.23. The Morgan fingerprint density at radius 3 is 2.40 bits per heavy atom. The monoisotopic (exact) mass is 398 g/mol. The highest BCUT2D eigenvalue weighted by Crippen LogP contribution is 2.29. The van der Waals surface area contributed by atoms with Gasteiger partial charge in [-0.15, -0.1) is 0 Å². The lowest BCUT2D eigenvalue weighted by Crippen LogP contribution is -2.17. The van der Waals surface area contributed by atoms with Crippen LogP contribution in [-0.2, 0) is 12.8 Å². The van der Waals surface area contributed by atoms with Crippen LogP contribution in [0.15, 0.2) is 72.8 Å². The highest BCUT2D eigenvalue weighted by Gasteiger charge is 2.20. The van der Waals surface area contributed by atoms with Crippen molar-refractivity contribution >= 4 is 28.5 Å². The van der Waals surface area contributed by atoms with Crippen LogP contribution in [0.5, 0.6) is 0 Å². The summed E-state index contributed by atoms with van der Waals surface area (Å²) in [5, 5.41) is 13.6. The molecule has 0 saturated carbocycles. The molecule has 4 aromatic rings. The molecule has 4 rings (SSSR count). The number of para-hydroxylation sites is 1. The quantitative estimate of drug-likeness (QED) is 0.414. The van der Waals surface area contributed by atoms with E-state index in [1.165, 1.54) is 0 Å². The molecule has 5 nitrogen and oxygen atoms in total. The maximum atomic E-state index is 13.0. The second-order valence-corrected chi connectivity index (χ2v) is 7.17. The van der Waals surface area contributed by atoms with Crippen molar-refractivity contribution in [3.8, 4) is 0 Å². The average Bonchev–Trinajstić information content (AvgIpc) is 3.19. The number of aromatic carboxylic acids is 1. The summed E-state index contributed by atoms with van der Waals surface area (Å²) in [5.41, 5.74) is 4.69. The van der Waals surface area contributed by atoms with Gasteiger partial charge < -0.3 is 15.4 Å². The Morgan fingerprint density at radius 2 is 1.70 bits per heavy atom. The number of rotatable bonds is 6. The molecule has 0 spiro atoms. The van der Waals surface area contributed by atoms with Crippen molar-refractivity contribution in [2.75, 3.05) is 5.32 Å². The summed E-state index contributed by atoms with van der Waals surface area (Å²) >= 11 is 0. The fourth-order valence-corrected chi connectivity index (χ4v) is 3.76. The number of carboxylic acid groups (broad SMARTS) is 1. The molecule has 150 valence electrons. The lowest BCUT2D eigenvalue weighted by atomic mass is 9.94. The van der Waals surface area contributed by atoms with Gasteiger partial charge in [0.15, 0.2) is 0 Å². The highest BCUT2D eigenvalue weighted by molar-refractivity contribution is 6.07. The van der Waals surface area contributed by atoms with E-state index in [9.17, 15) is 14.7 Å². The van der Waals surface area contributed by atoms with Crippen LogP contribution in [0.3, 0.4) is 0 Å². The zero-order valence-electron chi connectivity index (χ0n) is 16.6. The second-order valence-electron chi connectivity index (χ2n) is 7.17. The molecule has 30 heavy (non-hydrogen) atoms. The Morgan fingerprint density at radius 1 is 0.967 bits per heavy atom. The van der Waals surface area contributed by atoms with Gasteiger partial charge in [0.25, 0.3) is 5.91 Å². The molecule has 0 aliphatic heterocycles. The molecular formula is C25H22N2O3. The number of hydrogen-bond acceptors (Lipinski definition) is 2. The molecule has 3 N–H and O–H groups in total. The smallest absolute Gasteiger partial charge is 0.336 e. The molecule has 0 bridgehead atoms. The average molecular weight is 398 g/mol. The number of hydrogen-bond donors (Lipinski definition) is 3. The first-order valence-electron chi connectivity index (χ1n) is 9.88. The van der Waals surface area contributed by atoms with Gasteiger partial charge in [0.1, 0.15) is 5.69 Å². The molecule has 0 unspecified atom stereocenters. The topological polar surface area (TPSA) is 82.2 Å². The third-order valence-electron chi connectivity index (χ3n) is 5.23. The lowest BCUT2D eigenvalue weighted by molar-refractivity contribution is 0.0695. The maximum Gasteiger partial charge on any atom is 0.336 e. The van der Waals surface area contributed by atoms with Crippen LogP contribution >= 0.6 is 0 Å². The van der Waals surface area contributed by atoms with E-state index in [-0.39, 0.29) is 11.5 Å². The molecule has 0 radical (unpaired) electrons. The number of anilines is 1. The number of aromatic amines is 1. The lowest BCUT2D eigenvalue weighted by Gasteiger charge is -2.17. The van der Waals surface area contributed by atoms with Crippen LogP contribution in [0.2, 0.25) is 0 Å². The number of H-pyrrole nitrogens is 1. The van der Waals surface area contributed by atoms with Crippen molar-refractivity contribution in [2.24, 2.45) is 0 Å². The summed E-state index contributed by atoms with van der Waals surface area (Å²) in [4.78, 5) is 27.9. The number of aromatic nitrogens is 1. The number of amides is 1. The molecular weight excluding hydrogens is 376 g/mol. The molecule has 1 amide bonds. The molecule has 1 aromatic heterocycles. The van der Waals surface area contributed by atoms with Gasteiger partial charge in [0, 0.05) is 16.6 Å². The second kappa shape index (κ2) is 8.25. The number of nitrogens with one attached hydrogen (secondary N) is 2. The summed E-state index contributed by atoms with van der Waals surface area (Å²) in [5.74, 6) is -1.29. The fraction of sp³-hybridized carbons (Fsp3) is 0.120. The number of carboxylic acids is 1. The summed E-state index contributed by atoms with van der Waals surface area (Å²) in [6, 6.07) is 22.8. The Labute approximate surface area is 174 Å². The van der Waals surface area contributed by atoms with E-state index in [4.69, 9.17) is 0 Å². The standard InChI is InChI=1S/C25H22N2O3/c1-2-19-20(25(29)30)13-12-18(14-16-8-4-3-5-9-16)23(19)27-24(28)22-15-17-10-6-7-11-21(17)26-22/h3-13,15,26H,2,14H2,1H3,(H,27,28)(H,29,30). The van der Waals surface area contributed by atoms with Gasteiger partial charge in [-0.3, -0.25) is 4.79 Å². The van der Waals surface area contributed by atoms with Gasteiger partial charge in [-0.2, -0.15) is 0 Å². The van der Waals surface area contributed by atoms with Crippen molar-refractivity contribution in [1.82, 2.24) is 4.98 Å².